The third-order valence-electron chi connectivity index (χ3n) is 9.75. The second-order valence-corrected chi connectivity index (χ2v) is 17.7. The molecule has 3 aromatic carbocycles. The van der Waals surface area contributed by atoms with Gasteiger partial charge in [0.1, 0.15) is 24.3 Å². The van der Waals surface area contributed by atoms with Crippen molar-refractivity contribution in [1.29, 1.82) is 0 Å². The Bertz CT molecular complexity index is 2280. The third-order valence-corrected chi connectivity index (χ3v) is 12.1. The molecule has 5 aromatic rings. The number of benzene rings is 3. The smallest absolute Gasteiger partial charge is 0.283 e. The van der Waals surface area contributed by atoms with E-state index in [0.29, 0.717) is 11.3 Å². The highest BCUT2D eigenvalue weighted by Crippen LogP contribution is 2.24. The fourth-order valence-electron chi connectivity index (χ4n) is 6.73. The molecule has 4 atom stereocenters. The van der Waals surface area contributed by atoms with Crippen LogP contribution in [0.25, 0.3) is 11.1 Å². The molecule has 0 unspecified atom stereocenters. The number of nitrogens with one attached hydrogen (secondary N) is 3. The first-order chi connectivity index (χ1) is 27.9. The van der Waals surface area contributed by atoms with Gasteiger partial charge in [-0.25, -0.2) is 0 Å². The molecule has 2 aromatic heterocycles. The Hall–Kier alpha value is -5.48. The van der Waals surface area contributed by atoms with Crippen LogP contribution in [-0.2, 0) is 59.8 Å². The van der Waals surface area contributed by atoms with Crippen LogP contribution in [0.5, 0.6) is 5.75 Å². The van der Waals surface area contributed by atoms with Gasteiger partial charge >= 0.3 is 0 Å². The molecule has 2 aliphatic heterocycles. The van der Waals surface area contributed by atoms with E-state index in [0.717, 1.165) is 26.4 Å². The Morgan fingerprint density at radius 2 is 1.34 bits per heavy atom. The van der Waals surface area contributed by atoms with Gasteiger partial charge in [-0.2, -0.15) is 8.42 Å². The molecule has 2 aliphatic rings. The predicted molar refractivity (Wildman–Crippen MR) is 222 cm³/mol. The first-order valence-corrected chi connectivity index (χ1v) is 22.0. The lowest BCUT2D eigenvalue weighted by Gasteiger charge is -2.26. The van der Waals surface area contributed by atoms with E-state index in [1.807, 2.05) is 89.6 Å². The van der Waals surface area contributed by atoms with Gasteiger partial charge in [0.15, 0.2) is 11.6 Å². The van der Waals surface area contributed by atoms with E-state index in [4.69, 9.17) is 4.74 Å². The Morgan fingerprint density at radius 3 is 1.98 bits per heavy atom. The molecule has 12 nitrogen and oxygen atoms in total. The summed E-state index contributed by atoms with van der Waals surface area (Å²) in [5.74, 6) is -5.37. The van der Waals surface area contributed by atoms with E-state index in [1.54, 1.807) is 24.3 Å². The van der Waals surface area contributed by atoms with Crippen molar-refractivity contribution in [3.8, 4) is 16.9 Å². The monoisotopic (exact) mass is 841 g/mol. The van der Waals surface area contributed by atoms with Gasteiger partial charge in [-0.05, 0) is 70.1 Å². The van der Waals surface area contributed by atoms with Crippen LogP contribution in [0.3, 0.4) is 0 Å². The van der Waals surface area contributed by atoms with E-state index in [1.165, 1.54) is 22.7 Å². The standard InChI is InChI=1S/C43H43N3O9S3/c47-34-22-33(23-36-8-4-18-56-36)42(50)46-39(21-29-10-14-31(15-11-29)30-6-2-1-3-7-30)43(51)45-38(25-37-9-5-19-57-37)40(48)24-32(41(49)44-27-58(52,53)54)20-28-12-16-35(17-13-28)55-26-34/h1-19,32-33,38-39H,20-27H2,(H,44,49)(H,45,51)(H,46,50)(H,52,53,54)/t32-,33+,38+,39-/m1/s1. The van der Waals surface area contributed by atoms with Gasteiger partial charge < -0.3 is 20.7 Å². The van der Waals surface area contributed by atoms with Crippen LogP contribution in [0.4, 0.5) is 0 Å². The zero-order chi connectivity index (χ0) is 41.1. The SMILES string of the molecule is O=C1COc2ccc(cc2)C[C@@H](C(=O)NCS(=O)(=O)O)CC(=O)[C@H](Cc2cccs2)NC(=O)[C@@H](Cc2ccc(-c3ccccc3)cc2)NC(=O)[C@H](Cc2cccs2)C1. The lowest BCUT2D eigenvalue weighted by molar-refractivity contribution is -0.135. The molecule has 3 amide bonds. The van der Waals surface area contributed by atoms with Crippen LogP contribution >= 0.6 is 22.7 Å². The van der Waals surface area contributed by atoms with Gasteiger partial charge in [0.2, 0.25) is 17.7 Å². The minimum atomic E-state index is -4.57. The second kappa shape index (κ2) is 19.8. The number of carbonyl (C=O) groups is 5. The molecule has 0 spiro atoms. The molecule has 7 rings (SSSR count). The summed E-state index contributed by atoms with van der Waals surface area (Å²) in [6, 6.07) is 29.0. The number of hydrogen-bond acceptors (Lipinski definition) is 10. The van der Waals surface area contributed by atoms with E-state index in [9.17, 15) is 36.9 Å². The van der Waals surface area contributed by atoms with Crippen molar-refractivity contribution >= 4 is 62.1 Å². The zero-order valence-corrected chi connectivity index (χ0v) is 33.8. The molecule has 4 heterocycles. The van der Waals surface area contributed by atoms with Crippen LogP contribution in [-0.4, -0.2) is 66.8 Å². The summed E-state index contributed by atoms with van der Waals surface area (Å²) in [6.45, 7) is -0.315. The molecular formula is C43H43N3O9S3. The number of ketones is 2. The topological polar surface area (TPSA) is 185 Å². The van der Waals surface area contributed by atoms with E-state index < -0.39 is 63.4 Å². The van der Waals surface area contributed by atoms with Crippen LogP contribution in [0.1, 0.15) is 33.7 Å². The second-order valence-electron chi connectivity index (χ2n) is 14.2. The summed E-state index contributed by atoms with van der Waals surface area (Å²) in [6.07, 6.45) is -0.128. The summed E-state index contributed by atoms with van der Waals surface area (Å²) in [4.78, 5) is 71.3. The Balaban J connectivity index is 1.34. The maximum Gasteiger partial charge on any atom is 0.283 e. The highest BCUT2D eigenvalue weighted by atomic mass is 32.2. The normalized spacial score (nSPS) is 19.9. The molecule has 4 N–H and O–H groups in total. The number of ether oxygens (including phenoxy) is 1. The van der Waals surface area contributed by atoms with Crippen molar-refractivity contribution in [1.82, 2.24) is 16.0 Å². The van der Waals surface area contributed by atoms with Crippen LogP contribution < -0.4 is 20.7 Å². The molecule has 0 saturated heterocycles. The number of fused-ring (bicyclic) bond motifs is 16. The largest absolute Gasteiger partial charge is 0.486 e. The van der Waals surface area contributed by atoms with Crippen molar-refractivity contribution in [2.24, 2.45) is 11.8 Å². The maximum absolute atomic E-state index is 14.4. The molecule has 0 aliphatic carbocycles. The molecular weight excluding hydrogens is 799 g/mol. The average Bonchev–Trinajstić information content (AvgIpc) is 3.93. The van der Waals surface area contributed by atoms with Crippen molar-refractivity contribution in [3.05, 3.63) is 135 Å². The van der Waals surface area contributed by atoms with E-state index >= 15 is 0 Å². The molecule has 302 valence electrons. The Morgan fingerprint density at radius 1 is 0.707 bits per heavy atom. The van der Waals surface area contributed by atoms with Gasteiger partial charge in [0, 0.05) is 47.3 Å². The number of amides is 3. The minimum absolute atomic E-state index is 0.00396. The summed E-state index contributed by atoms with van der Waals surface area (Å²) < 4.78 is 38.1. The zero-order valence-electron chi connectivity index (χ0n) is 31.4. The first kappa shape index (κ1) is 42.1. The third kappa shape index (κ3) is 12.5. The minimum Gasteiger partial charge on any atom is -0.486 e. The summed E-state index contributed by atoms with van der Waals surface area (Å²) in [5, 5.41) is 11.7. The van der Waals surface area contributed by atoms with Crippen molar-refractivity contribution in [2.45, 2.75) is 50.6 Å². The van der Waals surface area contributed by atoms with E-state index in [2.05, 4.69) is 16.0 Å². The molecule has 58 heavy (non-hydrogen) atoms. The Kier molecular flexibility index (Phi) is 14.4. The number of carbonyl (C=O) groups excluding carboxylic acids is 5. The van der Waals surface area contributed by atoms with Gasteiger partial charge in [0.05, 0.1) is 6.04 Å². The fourth-order valence-corrected chi connectivity index (χ4v) is 8.59. The van der Waals surface area contributed by atoms with Crippen LogP contribution in [0.2, 0.25) is 0 Å². The number of rotatable bonds is 10. The summed E-state index contributed by atoms with van der Waals surface area (Å²) in [7, 11) is -4.57. The average molecular weight is 842 g/mol. The molecule has 0 saturated carbocycles. The first-order valence-electron chi connectivity index (χ1n) is 18.7. The fraction of sp³-hybridized carbons (Fsp3) is 0.279. The summed E-state index contributed by atoms with van der Waals surface area (Å²) in [5.41, 5.74) is 3.31. The lowest BCUT2D eigenvalue weighted by atomic mass is 9.90. The van der Waals surface area contributed by atoms with Gasteiger partial charge in [0.25, 0.3) is 10.1 Å². The molecule has 15 heteroatoms. The van der Waals surface area contributed by atoms with Crippen molar-refractivity contribution in [2.75, 3.05) is 12.5 Å². The number of thiophene rings is 2. The highest BCUT2D eigenvalue weighted by molar-refractivity contribution is 7.85. The number of Topliss-reactive ketones (excluding diaryl/α,β-unsaturated/α-hetero) is 2. The van der Waals surface area contributed by atoms with Crippen molar-refractivity contribution < 1.29 is 41.7 Å². The highest BCUT2D eigenvalue weighted by Gasteiger charge is 2.33. The van der Waals surface area contributed by atoms with Crippen molar-refractivity contribution in [3.63, 3.8) is 0 Å². The van der Waals surface area contributed by atoms with Gasteiger partial charge in [-0.3, -0.25) is 28.5 Å². The maximum atomic E-state index is 14.4. The molecule has 0 fully saturated rings. The lowest BCUT2D eigenvalue weighted by Crippen LogP contribution is -2.54. The Labute approximate surface area is 344 Å². The van der Waals surface area contributed by atoms with E-state index in [-0.39, 0.29) is 50.9 Å². The quantitative estimate of drug-likeness (QED) is 0.137. The van der Waals surface area contributed by atoms with Gasteiger partial charge in [-0.15, -0.1) is 22.7 Å². The van der Waals surface area contributed by atoms with Crippen LogP contribution in [0.15, 0.2) is 114 Å². The van der Waals surface area contributed by atoms with Gasteiger partial charge in [-0.1, -0.05) is 78.9 Å². The number of hydrogen-bond donors (Lipinski definition) is 4. The molecule has 2 bridgehead atoms. The van der Waals surface area contributed by atoms with Crippen LogP contribution in [0, 0.1) is 11.8 Å². The molecule has 0 radical (unpaired) electrons. The summed E-state index contributed by atoms with van der Waals surface area (Å²) >= 11 is 2.84. The predicted octanol–water partition coefficient (Wildman–Crippen LogP) is 5.22.